The number of aromatic nitrogens is 5. The Hall–Kier alpha value is -3.23. The Bertz CT molecular complexity index is 976. The summed E-state index contributed by atoms with van der Waals surface area (Å²) in [6, 6.07) is 2.93. The predicted octanol–water partition coefficient (Wildman–Crippen LogP) is -1.21. The number of fused-ring (bicyclic) bond motifs is 1. The standard InChI is InChI=1S/C11H7N5O4/c17-8(5-2-1-3-12-4-5)16-9(18)6-7(15-11(16)20)14-10(19)13-6/h1-4H,(H,15,20)(H2,13,14,19). The predicted molar refractivity (Wildman–Crippen MR) is 67.8 cm³/mol. The van der Waals surface area contributed by atoms with Gasteiger partial charge in [0.25, 0.3) is 11.5 Å². The molecule has 0 aromatic carbocycles. The van der Waals surface area contributed by atoms with E-state index in [0.717, 1.165) is 0 Å². The summed E-state index contributed by atoms with van der Waals surface area (Å²) in [5, 5.41) is 0. The number of aromatic amines is 3. The zero-order valence-electron chi connectivity index (χ0n) is 9.84. The molecule has 0 amide bonds. The highest BCUT2D eigenvalue weighted by molar-refractivity contribution is 5.96. The molecule has 0 aliphatic carbocycles. The Balaban J connectivity index is 2.32. The van der Waals surface area contributed by atoms with Crippen LogP contribution in [0.15, 0.2) is 38.9 Å². The summed E-state index contributed by atoms with van der Waals surface area (Å²) in [6.45, 7) is 0. The van der Waals surface area contributed by atoms with Crippen LogP contribution in [0.4, 0.5) is 0 Å². The number of nitrogens with zero attached hydrogens (tertiary/aromatic N) is 2. The first-order valence-electron chi connectivity index (χ1n) is 5.50. The van der Waals surface area contributed by atoms with Crippen LogP contribution in [0.1, 0.15) is 10.4 Å². The molecule has 3 N–H and O–H groups in total. The first-order valence-corrected chi connectivity index (χ1v) is 5.50. The molecule has 3 aromatic heterocycles. The third-order valence-corrected chi connectivity index (χ3v) is 2.69. The van der Waals surface area contributed by atoms with Gasteiger partial charge in [0.2, 0.25) is 0 Å². The van der Waals surface area contributed by atoms with E-state index in [-0.39, 0.29) is 16.7 Å². The fourth-order valence-corrected chi connectivity index (χ4v) is 1.81. The highest BCUT2D eigenvalue weighted by atomic mass is 16.2. The third kappa shape index (κ3) is 1.68. The van der Waals surface area contributed by atoms with Gasteiger partial charge in [0.1, 0.15) is 5.65 Å². The molecule has 0 fully saturated rings. The van der Waals surface area contributed by atoms with E-state index in [0.29, 0.717) is 4.57 Å². The molecule has 0 saturated carbocycles. The van der Waals surface area contributed by atoms with Crippen molar-refractivity contribution in [2.45, 2.75) is 0 Å². The molecule has 0 spiro atoms. The lowest BCUT2D eigenvalue weighted by Gasteiger charge is -2.02. The lowest BCUT2D eigenvalue weighted by Crippen LogP contribution is -2.40. The van der Waals surface area contributed by atoms with Gasteiger partial charge in [-0.1, -0.05) is 0 Å². The van der Waals surface area contributed by atoms with Crippen molar-refractivity contribution in [2.75, 3.05) is 0 Å². The first kappa shape index (κ1) is 11.8. The number of carbonyl (C=O) groups is 1. The topological polar surface area (TPSA) is 133 Å². The van der Waals surface area contributed by atoms with E-state index in [9.17, 15) is 19.2 Å². The monoisotopic (exact) mass is 273 g/mol. The molecule has 9 nitrogen and oxygen atoms in total. The number of imidazole rings is 1. The van der Waals surface area contributed by atoms with Crippen molar-refractivity contribution >= 4 is 17.1 Å². The Kier molecular flexibility index (Phi) is 2.46. The summed E-state index contributed by atoms with van der Waals surface area (Å²) in [4.78, 5) is 57.6. The number of pyridine rings is 1. The number of nitrogens with one attached hydrogen (secondary N) is 3. The normalized spacial score (nSPS) is 10.8. The number of H-pyrrole nitrogens is 3. The molecule has 0 bridgehead atoms. The lowest BCUT2D eigenvalue weighted by molar-refractivity contribution is 0.0951. The van der Waals surface area contributed by atoms with Gasteiger partial charge < -0.3 is 0 Å². The Labute approximate surface area is 108 Å². The molecule has 3 aromatic rings. The van der Waals surface area contributed by atoms with Crippen LogP contribution < -0.4 is 16.9 Å². The van der Waals surface area contributed by atoms with Gasteiger partial charge in [0.15, 0.2) is 5.52 Å². The minimum atomic E-state index is -0.938. The van der Waals surface area contributed by atoms with Gasteiger partial charge in [-0.2, -0.15) is 4.57 Å². The summed E-state index contributed by atoms with van der Waals surface area (Å²) in [5.74, 6) is -0.826. The van der Waals surface area contributed by atoms with Gasteiger partial charge in [-0.3, -0.25) is 29.5 Å². The Morgan fingerprint density at radius 3 is 2.65 bits per heavy atom. The van der Waals surface area contributed by atoms with Gasteiger partial charge in [-0.15, -0.1) is 0 Å². The number of hydrogen-bond acceptors (Lipinski definition) is 5. The summed E-state index contributed by atoms with van der Waals surface area (Å²) < 4.78 is 0.406. The Morgan fingerprint density at radius 2 is 1.95 bits per heavy atom. The minimum Gasteiger partial charge on any atom is -0.300 e. The van der Waals surface area contributed by atoms with Crippen molar-refractivity contribution in [2.24, 2.45) is 0 Å². The maximum atomic E-state index is 12.1. The van der Waals surface area contributed by atoms with Crippen LogP contribution in [0.25, 0.3) is 11.2 Å². The quantitative estimate of drug-likeness (QED) is 0.511. The van der Waals surface area contributed by atoms with Crippen molar-refractivity contribution in [3.05, 3.63) is 61.4 Å². The molecular weight excluding hydrogens is 266 g/mol. The second kappa shape index (κ2) is 4.16. The first-order chi connectivity index (χ1) is 9.58. The van der Waals surface area contributed by atoms with Gasteiger partial charge in [-0.05, 0) is 12.1 Å². The van der Waals surface area contributed by atoms with Crippen LogP contribution in [0, 0.1) is 0 Å². The molecule has 100 valence electrons. The zero-order valence-corrected chi connectivity index (χ0v) is 9.84. The molecule has 20 heavy (non-hydrogen) atoms. The molecule has 0 aliphatic rings. The molecule has 3 rings (SSSR count). The zero-order chi connectivity index (χ0) is 14.3. The molecule has 0 aliphatic heterocycles. The van der Waals surface area contributed by atoms with Crippen molar-refractivity contribution < 1.29 is 4.79 Å². The van der Waals surface area contributed by atoms with E-state index in [1.165, 1.54) is 24.5 Å². The van der Waals surface area contributed by atoms with E-state index in [1.54, 1.807) is 0 Å². The van der Waals surface area contributed by atoms with Crippen molar-refractivity contribution in [1.29, 1.82) is 0 Å². The van der Waals surface area contributed by atoms with Gasteiger partial charge >= 0.3 is 11.4 Å². The van der Waals surface area contributed by atoms with E-state index in [2.05, 4.69) is 19.9 Å². The van der Waals surface area contributed by atoms with Crippen LogP contribution in [0.5, 0.6) is 0 Å². The fraction of sp³-hybridized carbons (Fsp3) is 0. The summed E-state index contributed by atoms with van der Waals surface area (Å²) in [7, 11) is 0. The van der Waals surface area contributed by atoms with Gasteiger partial charge in [-0.25, -0.2) is 9.59 Å². The van der Waals surface area contributed by atoms with E-state index in [4.69, 9.17) is 0 Å². The van der Waals surface area contributed by atoms with E-state index in [1.807, 2.05) is 0 Å². The molecule has 9 heteroatoms. The fourth-order valence-electron chi connectivity index (χ4n) is 1.81. The van der Waals surface area contributed by atoms with Crippen LogP contribution in [0.3, 0.4) is 0 Å². The highest BCUT2D eigenvalue weighted by Crippen LogP contribution is 1.98. The van der Waals surface area contributed by atoms with Crippen LogP contribution >= 0.6 is 0 Å². The lowest BCUT2D eigenvalue weighted by atomic mass is 10.2. The Morgan fingerprint density at radius 1 is 1.15 bits per heavy atom. The second-order valence-corrected chi connectivity index (χ2v) is 3.95. The molecule has 3 heterocycles. The van der Waals surface area contributed by atoms with E-state index >= 15 is 0 Å². The number of carbonyl (C=O) groups excluding carboxylic acids is 1. The molecule has 0 radical (unpaired) electrons. The van der Waals surface area contributed by atoms with Crippen LogP contribution in [-0.2, 0) is 0 Å². The molecule has 0 atom stereocenters. The molecular formula is C11H7N5O4. The van der Waals surface area contributed by atoms with Gasteiger partial charge in [0, 0.05) is 12.4 Å². The maximum Gasteiger partial charge on any atom is 0.337 e. The largest absolute Gasteiger partial charge is 0.337 e. The average Bonchev–Trinajstić information content (AvgIpc) is 2.80. The number of hydrogen-bond donors (Lipinski definition) is 3. The van der Waals surface area contributed by atoms with E-state index < -0.39 is 22.8 Å². The van der Waals surface area contributed by atoms with Gasteiger partial charge in [0.05, 0.1) is 5.56 Å². The highest BCUT2D eigenvalue weighted by Gasteiger charge is 2.17. The van der Waals surface area contributed by atoms with Crippen molar-refractivity contribution in [3.63, 3.8) is 0 Å². The van der Waals surface area contributed by atoms with Crippen LogP contribution in [-0.4, -0.2) is 30.4 Å². The van der Waals surface area contributed by atoms with Crippen molar-refractivity contribution in [3.8, 4) is 0 Å². The minimum absolute atomic E-state index is 0.0553. The van der Waals surface area contributed by atoms with Crippen LogP contribution in [0.2, 0.25) is 0 Å². The maximum absolute atomic E-state index is 12.1. The molecule has 0 saturated heterocycles. The van der Waals surface area contributed by atoms with Crippen molar-refractivity contribution in [1.82, 2.24) is 24.5 Å². The SMILES string of the molecule is O=C(c1cccnc1)n1c(=O)[nH]c2[nH]c(=O)[nH]c2c1=O. The molecule has 0 unspecified atom stereocenters. The number of rotatable bonds is 1. The second-order valence-electron chi connectivity index (χ2n) is 3.95. The third-order valence-electron chi connectivity index (χ3n) is 2.69. The average molecular weight is 273 g/mol. The smallest absolute Gasteiger partial charge is 0.300 e. The summed E-state index contributed by atoms with van der Waals surface area (Å²) in [5.41, 5.74) is -2.65. The summed E-state index contributed by atoms with van der Waals surface area (Å²) in [6.07, 6.45) is 2.69. The summed E-state index contributed by atoms with van der Waals surface area (Å²) >= 11 is 0.